The highest BCUT2D eigenvalue weighted by atomic mass is 19.1. The Morgan fingerprint density at radius 3 is 2.26 bits per heavy atom. The van der Waals surface area contributed by atoms with Crippen molar-refractivity contribution >= 4 is 17.8 Å². The predicted octanol–water partition coefficient (Wildman–Crippen LogP) is 2.55. The normalized spacial score (nSPS) is 15.0. The fourth-order valence-corrected chi connectivity index (χ4v) is 3.16. The number of likely N-dealkylation sites (tertiary alicyclic amines) is 1. The first-order valence-corrected chi connectivity index (χ1v) is 9.48. The maximum absolute atomic E-state index is 14.5. The Bertz CT molecular complexity index is 957. The highest BCUT2D eigenvalue weighted by Crippen LogP contribution is 2.31. The van der Waals surface area contributed by atoms with E-state index in [-0.39, 0.29) is 28.8 Å². The number of hydrogen-bond acceptors (Lipinski definition) is 6. The van der Waals surface area contributed by atoms with E-state index in [4.69, 9.17) is 20.4 Å². The van der Waals surface area contributed by atoms with Crippen LogP contribution in [0.4, 0.5) is 4.39 Å². The van der Waals surface area contributed by atoms with E-state index in [2.05, 4.69) is 4.74 Å². The zero-order chi connectivity index (χ0) is 23.1. The van der Waals surface area contributed by atoms with Crippen LogP contribution in [0.3, 0.4) is 0 Å². The van der Waals surface area contributed by atoms with Gasteiger partial charge in [0.1, 0.15) is 17.1 Å². The molecule has 1 aliphatic rings. The van der Waals surface area contributed by atoms with Gasteiger partial charge in [-0.05, 0) is 36.2 Å². The number of methoxy groups -OCH3 is 2. The first-order valence-electron chi connectivity index (χ1n) is 9.48. The molecule has 3 rings (SSSR count). The summed E-state index contributed by atoms with van der Waals surface area (Å²) in [7, 11) is 2.61. The molecule has 3 N–H and O–H groups in total. The van der Waals surface area contributed by atoms with E-state index in [1.807, 2.05) is 0 Å². The van der Waals surface area contributed by atoms with Crippen LogP contribution < -0.4 is 10.5 Å². The lowest BCUT2D eigenvalue weighted by molar-refractivity contribution is -0.134. The van der Waals surface area contributed by atoms with E-state index in [0.717, 1.165) is 19.4 Å². The van der Waals surface area contributed by atoms with Gasteiger partial charge >= 0.3 is 5.97 Å². The molecule has 8 nitrogen and oxygen atoms in total. The number of nitrogens with two attached hydrogens (primary N) is 1. The first kappa shape index (κ1) is 23.8. The van der Waals surface area contributed by atoms with Crippen molar-refractivity contribution in [3.05, 3.63) is 53.3 Å². The molecule has 0 spiro atoms. The average molecular weight is 432 g/mol. The van der Waals surface area contributed by atoms with Crippen molar-refractivity contribution in [1.29, 1.82) is 0 Å². The number of rotatable bonds is 4. The minimum Gasteiger partial charge on any atom is -0.496 e. The van der Waals surface area contributed by atoms with Gasteiger partial charge in [-0.3, -0.25) is 9.59 Å². The number of ether oxygens (including phenoxy) is 2. The second-order valence-corrected chi connectivity index (χ2v) is 6.92. The molecule has 1 saturated heterocycles. The standard InChI is InChI=1S/C20H21FN2O4.C2H4O2/c1-26-18-10-15(17(21)9-16(18)20(25)27-2)12-3-5-13(6-4-12)19(24)23-8-7-14(22)11-23;1-2(3)4/h3-6,9-10,14H,7-8,11,22H2,1-2H3;1H3,(H,3,4). The first-order chi connectivity index (χ1) is 14.7. The summed E-state index contributed by atoms with van der Waals surface area (Å²) in [6, 6.07) is 9.19. The number of carboxylic acids is 1. The van der Waals surface area contributed by atoms with Crippen molar-refractivity contribution in [2.45, 2.75) is 19.4 Å². The van der Waals surface area contributed by atoms with Crippen molar-refractivity contribution in [2.75, 3.05) is 27.3 Å². The SMILES string of the molecule is CC(=O)O.COC(=O)c1cc(F)c(-c2ccc(C(=O)N3CCC(N)C3)cc2)cc1OC. The van der Waals surface area contributed by atoms with Crippen molar-refractivity contribution < 1.29 is 33.4 Å². The maximum Gasteiger partial charge on any atom is 0.341 e. The van der Waals surface area contributed by atoms with Gasteiger partial charge < -0.3 is 25.2 Å². The van der Waals surface area contributed by atoms with E-state index >= 15 is 0 Å². The molecule has 1 atom stereocenters. The van der Waals surface area contributed by atoms with E-state index in [9.17, 15) is 14.0 Å². The fourth-order valence-electron chi connectivity index (χ4n) is 3.16. The Labute approximate surface area is 179 Å². The second-order valence-electron chi connectivity index (χ2n) is 6.92. The molecule has 0 saturated carbocycles. The number of aliphatic carboxylic acids is 1. The van der Waals surface area contributed by atoms with E-state index in [1.54, 1.807) is 29.2 Å². The molecule has 1 aliphatic heterocycles. The third kappa shape index (κ3) is 6.02. The zero-order valence-electron chi connectivity index (χ0n) is 17.6. The Morgan fingerprint density at radius 2 is 1.77 bits per heavy atom. The molecule has 166 valence electrons. The van der Waals surface area contributed by atoms with Gasteiger partial charge in [0.05, 0.1) is 14.2 Å². The van der Waals surface area contributed by atoms with Gasteiger partial charge in [-0.15, -0.1) is 0 Å². The minimum atomic E-state index is -0.833. The van der Waals surface area contributed by atoms with Crippen LogP contribution in [0, 0.1) is 5.82 Å². The van der Waals surface area contributed by atoms with Gasteiger partial charge in [0.15, 0.2) is 0 Å². The molecule has 1 fully saturated rings. The van der Waals surface area contributed by atoms with Crippen LogP contribution in [0.2, 0.25) is 0 Å². The molecular formula is C22H25FN2O6. The Morgan fingerprint density at radius 1 is 1.16 bits per heavy atom. The third-order valence-electron chi connectivity index (χ3n) is 4.65. The molecule has 9 heteroatoms. The Hall–Kier alpha value is -3.46. The Balaban J connectivity index is 0.000000785. The fraction of sp³-hybridized carbons (Fsp3) is 0.318. The van der Waals surface area contributed by atoms with E-state index in [1.165, 1.54) is 20.3 Å². The van der Waals surface area contributed by atoms with Crippen LogP contribution in [0.5, 0.6) is 5.75 Å². The van der Waals surface area contributed by atoms with Crippen LogP contribution in [-0.4, -0.2) is 61.2 Å². The topological polar surface area (TPSA) is 119 Å². The van der Waals surface area contributed by atoms with Crippen molar-refractivity contribution in [1.82, 2.24) is 4.90 Å². The van der Waals surface area contributed by atoms with Crippen LogP contribution in [-0.2, 0) is 9.53 Å². The number of halogens is 1. The molecular weight excluding hydrogens is 407 g/mol. The number of carboxylic acid groups (broad SMARTS) is 1. The molecule has 1 amide bonds. The molecule has 0 bridgehead atoms. The monoisotopic (exact) mass is 432 g/mol. The van der Waals surface area contributed by atoms with Crippen LogP contribution in [0.15, 0.2) is 36.4 Å². The average Bonchev–Trinajstić information content (AvgIpc) is 3.18. The summed E-state index contributed by atoms with van der Waals surface area (Å²) in [5, 5.41) is 7.42. The molecule has 0 aliphatic carbocycles. The van der Waals surface area contributed by atoms with Crippen LogP contribution in [0.1, 0.15) is 34.1 Å². The van der Waals surface area contributed by atoms with Crippen molar-refractivity contribution in [3.8, 4) is 16.9 Å². The van der Waals surface area contributed by atoms with Gasteiger partial charge in [0.25, 0.3) is 11.9 Å². The molecule has 2 aromatic carbocycles. The maximum atomic E-state index is 14.5. The molecule has 1 unspecified atom stereocenters. The minimum absolute atomic E-state index is 0.0124. The highest BCUT2D eigenvalue weighted by Gasteiger charge is 2.24. The number of carbonyl (C=O) groups excluding carboxylic acids is 2. The Kier molecular flexibility index (Phi) is 8.09. The summed E-state index contributed by atoms with van der Waals surface area (Å²) >= 11 is 0. The van der Waals surface area contributed by atoms with Crippen molar-refractivity contribution in [3.63, 3.8) is 0 Å². The summed E-state index contributed by atoms with van der Waals surface area (Å²) in [4.78, 5) is 34.9. The summed E-state index contributed by atoms with van der Waals surface area (Å²) in [5.41, 5.74) is 7.21. The van der Waals surface area contributed by atoms with Gasteiger partial charge in [0.2, 0.25) is 0 Å². The summed E-state index contributed by atoms with van der Waals surface area (Å²) in [6.45, 7) is 2.27. The van der Waals surface area contributed by atoms with Gasteiger partial charge in [-0.25, -0.2) is 9.18 Å². The predicted molar refractivity (Wildman–Crippen MR) is 112 cm³/mol. The number of esters is 1. The zero-order valence-corrected chi connectivity index (χ0v) is 17.6. The molecule has 0 radical (unpaired) electrons. The number of carbonyl (C=O) groups is 3. The summed E-state index contributed by atoms with van der Waals surface area (Å²) in [6.07, 6.45) is 0.793. The van der Waals surface area contributed by atoms with Gasteiger partial charge in [0, 0.05) is 37.2 Å². The smallest absolute Gasteiger partial charge is 0.341 e. The number of benzene rings is 2. The number of amides is 1. The quantitative estimate of drug-likeness (QED) is 0.713. The van der Waals surface area contributed by atoms with Crippen molar-refractivity contribution in [2.24, 2.45) is 5.73 Å². The highest BCUT2D eigenvalue weighted by molar-refractivity contribution is 5.95. The lowest BCUT2D eigenvalue weighted by Crippen LogP contribution is -2.31. The second kappa shape index (κ2) is 10.5. The van der Waals surface area contributed by atoms with Gasteiger partial charge in [-0.1, -0.05) is 12.1 Å². The molecule has 1 heterocycles. The number of hydrogen-bond donors (Lipinski definition) is 2. The van der Waals surface area contributed by atoms with E-state index in [0.29, 0.717) is 24.2 Å². The molecule has 2 aromatic rings. The summed E-state index contributed by atoms with van der Waals surface area (Å²) < 4.78 is 24.4. The van der Waals surface area contributed by atoms with E-state index < -0.39 is 17.8 Å². The third-order valence-corrected chi connectivity index (χ3v) is 4.65. The van der Waals surface area contributed by atoms with Crippen LogP contribution >= 0.6 is 0 Å². The number of nitrogens with zero attached hydrogens (tertiary/aromatic N) is 1. The summed E-state index contributed by atoms with van der Waals surface area (Å²) in [5.74, 6) is -1.97. The lowest BCUT2D eigenvalue weighted by atomic mass is 10.0. The van der Waals surface area contributed by atoms with Gasteiger partial charge in [-0.2, -0.15) is 0 Å². The molecule has 0 aromatic heterocycles. The lowest BCUT2D eigenvalue weighted by Gasteiger charge is -2.16. The molecule has 31 heavy (non-hydrogen) atoms. The van der Waals surface area contributed by atoms with Crippen LogP contribution in [0.25, 0.3) is 11.1 Å². The largest absolute Gasteiger partial charge is 0.496 e.